The minimum atomic E-state index is -0.377. The molecule has 0 radical (unpaired) electrons. The van der Waals surface area contributed by atoms with Crippen LogP contribution in [0.2, 0.25) is 0 Å². The van der Waals surface area contributed by atoms with E-state index in [0.717, 1.165) is 11.4 Å². The Morgan fingerprint density at radius 1 is 1.05 bits per heavy atom. The van der Waals surface area contributed by atoms with Gasteiger partial charge in [-0.3, -0.25) is 10.0 Å². The standard InChI is InChI=1S/C15H14N2O2S/c18-15(16-19)9-10-17-11-5-1-3-7-13(11)20-14-8-4-2-6-12(14)17/h1-8,19H,9-10H2,(H,16,18). The normalized spacial score (nSPS) is 12.6. The van der Waals surface area contributed by atoms with E-state index in [1.165, 1.54) is 9.79 Å². The van der Waals surface area contributed by atoms with E-state index < -0.39 is 0 Å². The summed E-state index contributed by atoms with van der Waals surface area (Å²) in [5, 5.41) is 8.63. The van der Waals surface area contributed by atoms with Crippen LogP contribution in [0.5, 0.6) is 0 Å². The third kappa shape index (κ3) is 2.37. The number of hydrogen-bond donors (Lipinski definition) is 2. The molecule has 2 N–H and O–H groups in total. The van der Waals surface area contributed by atoms with Crippen molar-refractivity contribution in [3.63, 3.8) is 0 Å². The van der Waals surface area contributed by atoms with Crippen molar-refractivity contribution in [2.45, 2.75) is 16.2 Å². The molecular formula is C15H14N2O2S. The quantitative estimate of drug-likeness (QED) is 0.672. The van der Waals surface area contributed by atoms with Crippen molar-refractivity contribution < 1.29 is 10.0 Å². The van der Waals surface area contributed by atoms with Gasteiger partial charge in [0, 0.05) is 22.8 Å². The average molecular weight is 286 g/mol. The first-order valence-electron chi connectivity index (χ1n) is 6.36. The molecule has 0 aliphatic carbocycles. The van der Waals surface area contributed by atoms with Crippen LogP contribution in [0.1, 0.15) is 6.42 Å². The zero-order chi connectivity index (χ0) is 13.9. The van der Waals surface area contributed by atoms with Gasteiger partial charge in [0.2, 0.25) is 5.91 Å². The fourth-order valence-corrected chi connectivity index (χ4v) is 3.39. The summed E-state index contributed by atoms with van der Waals surface area (Å²) >= 11 is 1.73. The minimum absolute atomic E-state index is 0.240. The second-order valence-corrected chi connectivity index (χ2v) is 5.56. The van der Waals surface area contributed by atoms with Gasteiger partial charge >= 0.3 is 0 Å². The summed E-state index contributed by atoms with van der Waals surface area (Å²) in [6.07, 6.45) is 0.240. The van der Waals surface area contributed by atoms with Crippen LogP contribution < -0.4 is 10.4 Å². The predicted octanol–water partition coefficient (Wildman–Crippen LogP) is 3.18. The maximum absolute atomic E-state index is 11.3. The summed E-state index contributed by atoms with van der Waals surface area (Å²) in [6.45, 7) is 0.529. The van der Waals surface area contributed by atoms with Gasteiger partial charge in [-0.05, 0) is 24.3 Å². The predicted molar refractivity (Wildman–Crippen MR) is 78.6 cm³/mol. The van der Waals surface area contributed by atoms with Gasteiger partial charge in [-0.15, -0.1) is 0 Å². The number of carbonyl (C=O) groups excluding carboxylic acids is 1. The second kappa shape index (κ2) is 5.56. The van der Waals surface area contributed by atoms with Gasteiger partial charge < -0.3 is 4.90 Å². The molecule has 1 aliphatic heterocycles. The first kappa shape index (κ1) is 13.0. The second-order valence-electron chi connectivity index (χ2n) is 4.47. The highest BCUT2D eigenvalue weighted by Gasteiger charge is 2.22. The van der Waals surface area contributed by atoms with Gasteiger partial charge in [0.1, 0.15) is 0 Å². The molecule has 5 heteroatoms. The van der Waals surface area contributed by atoms with Crippen LogP contribution in [0.3, 0.4) is 0 Å². The lowest BCUT2D eigenvalue weighted by Crippen LogP contribution is -2.27. The average Bonchev–Trinajstić information content (AvgIpc) is 2.51. The number of carbonyl (C=O) groups is 1. The molecule has 0 atom stereocenters. The van der Waals surface area contributed by atoms with Gasteiger partial charge in [0.05, 0.1) is 11.4 Å². The number of fused-ring (bicyclic) bond motifs is 2. The number of hydroxylamine groups is 1. The topological polar surface area (TPSA) is 52.6 Å². The van der Waals surface area contributed by atoms with E-state index in [-0.39, 0.29) is 12.3 Å². The van der Waals surface area contributed by atoms with Crippen molar-refractivity contribution in [2.24, 2.45) is 0 Å². The number of nitrogens with zero attached hydrogens (tertiary/aromatic N) is 1. The molecule has 3 rings (SSSR count). The van der Waals surface area contributed by atoms with Gasteiger partial charge in [0.15, 0.2) is 0 Å². The van der Waals surface area contributed by atoms with Gasteiger partial charge in [-0.25, -0.2) is 5.48 Å². The fraction of sp³-hybridized carbons (Fsp3) is 0.133. The highest BCUT2D eigenvalue weighted by Crippen LogP contribution is 2.47. The summed E-state index contributed by atoms with van der Waals surface area (Å²) in [7, 11) is 0. The lowest BCUT2D eigenvalue weighted by atomic mass is 10.2. The summed E-state index contributed by atoms with van der Waals surface area (Å²) in [5.74, 6) is -0.377. The largest absolute Gasteiger partial charge is 0.339 e. The molecule has 1 heterocycles. The third-order valence-electron chi connectivity index (χ3n) is 3.22. The molecule has 0 aromatic heterocycles. The van der Waals surface area contributed by atoms with Crippen LogP contribution in [0, 0.1) is 0 Å². The highest BCUT2D eigenvalue weighted by molar-refractivity contribution is 7.99. The van der Waals surface area contributed by atoms with Gasteiger partial charge in [-0.1, -0.05) is 36.0 Å². The highest BCUT2D eigenvalue weighted by atomic mass is 32.2. The summed E-state index contributed by atoms with van der Waals surface area (Å²) in [4.78, 5) is 15.8. The number of para-hydroxylation sites is 2. The monoisotopic (exact) mass is 286 g/mol. The molecule has 1 amide bonds. The molecule has 2 aromatic carbocycles. The van der Waals surface area contributed by atoms with Crippen molar-refractivity contribution in [1.29, 1.82) is 0 Å². The molecule has 2 aromatic rings. The maximum atomic E-state index is 11.3. The van der Waals surface area contributed by atoms with Crippen LogP contribution in [0.25, 0.3) is 0 Å². The number of amides is 1. The SMILES string of the molecule is O=C(CCN1c2ccccc2Sc2ccccc21)NO. The third-order valence-corrected chi connectivity index (χ3v) is 4.35. The summed E-state index contributed by atoms with van der Waals surface area (Å²) < 4.78 is 0. The summed E-state index contributed by atoms with van der Waals surface area (Å²) in [5.41, 5.74) is 3.88. The van der Waals surface area contributed by atoms with Crippen molar-refractivity contribution in [2.75, 3.05) is 11.4 Å². The molecule has 0 saturated heterocycles. The van der Waals surface area contributed by atoms with E-state index in [2.05, 4.69) is 29.2 Å². The Balaban J connectivity index is 1.97. The number of rotatable bonds is 3. The lowest BCUT2D eigenvalue weighted by Gasteiger charge is -2.32. The van der Waals surface area contributed by atoms with Crippen molar-refractivity contribution in [1.82, 2.24) is 5.48 Å². The lowest BCUT2D eigenvalue weighted by molar-refractivity contribution is -0.128. The Kier molecular flexibility index (Phi) is 3.62. The van der Waals surface area contributed by atoms with Gasteiger partial charge in [0.25, 0.3) is 0 Å². The Morgan fingerprint density at radius 3 is 2.15 bits per heavy atom. The Bertz CT molecular complexity index is 600. The first-order valence-corrected chi connectivity index (χ1v) is 7.17. The molecule has 0 bridgehead atoms. The van der Waals surface area contributed by atoms with E-state index in [9.17, 15) is 4.79 Å². The maximum Gasteiger partial charge on any atom is 0.245 e. The number of nitrogens with one attached hydrogen (secondary N) is 1. The first-order chi connectivity index (χ1) is 9.79. The minimum Gasteiger partial charge on any atom is -0.339 e. The van der Waals surface area contributed by atoms with E-state index in [4.69, 9.17) is 5.21 Å². The fourth-order valence-electron chi connectivity index (χ4n) is 2.29. The molecule has 1 aliphatic rings. The summed E-state index contributed by atoms with van der Waals surface area (Å²) in [6, 6.07) is 16.3. The van der Waals surface area contributed by atoms with Crippen molar-refractivity contribution in [3.05, 3.63) is 48.5 Å². The van der Waals surface area contributed by atoms with Crippen LogP contribution in [-0.4, -0.2) is 17.7 Å². The molecular weight excluding hydrogens is 272 g/mol. The molecule has 4 nitrogen and oxygen atoms in total. The Hall–Kier alpha value is -1.98. The zero-order valence-corrected chi connectivity index (χ0v) is 11.6. The van der Waals surface area contributed by atoms with E-state index in [1.54, 1.807) is 17.2 Å². The molecule has 0 saturated carbocycles. The number of benzene rings is 2. The number of hydrogen-bond acceptors (Lipinski definition) is 4. The zero-order valence-electron chi connectivity index (χ0n) is 10.7. The molecule has 0 unspecified atom stereocenters. The van der Waals surface area contributed by atoms with E-state index >= 15 is 0 Å². The molecule has 0 spiro atoms. The van der Waals surface area contributed by atoms with Crippen LogP contribution in [-0.2, 0) is 4.79 Å². The van der Waals surface area contributed by atoms with Crippen molar-refractivity contribution >= 4 is 29.0 Å². The van der Waals surface area contributed by atoms with Crippen LogP contribution in [0.15, 0.2) is 58.3 Å². The van der Waals surface area contributed by atoms with E-state index in [0.29, 0.717) is 6.54 Å². The van der Waals surface area contributed by atoms with Crippen molar-refractivity contribution in [3.8, 4) is 0 Å². The van der Waals surface area contributed by atoms with Gasteiger partial charge in [-0.2, -0.15) is 0 Å². The van der Waals surface area contributed by atoms with Crippen LogP contribution in [0.4, 0.5) is 11.4 Å². The van der Waals surface area contributed by atoms with E-state index in [1.807, 2.05) is 24.3 Å². The molecule has 20 heavy (non-hydrogen) atoms. The van der Waals surface area contributed by atoms with Crippen LogP contribution >= 0.6 is 11.8 Å². The smallest absolute Gasteiger partial charge is 0.245 e. The Labute approximate surface area is 121 Å². The number of anilines is 2. The molecule has 102 valence electrons. The Morgan fingerprint density at radius 2 is 1.60 bits per heavy atom. The molecule has 0 fully saturated rings.